The van der Waals surface area contributed by atoms with Gasteiger partial charge in [-0.3, -0.25) is 14.6 Å². The summed E-state index contributed by atoms with van der Waals surface area (Å²) in [4.78, 5) is 36.8. The SMILES string of the molecule is C=C/C=C\C.CC.CC=O.CCCNC(=O)CCN.C\C=C/C(C)=C(Nc1ccc(C(=O)C(C)C)c(CC)c1)\C(C)=N\C=C(/C)c1ccc(OC2=CC2)c(C)c1F. The molecule has 0 aromatic heterocycles. The Bertz CT molecular complexity index is 1750. The number of hydrogen-bond donors (Lipinski definition) is 3. The summed E-state index contributed by atoms with van der Waals surface area (Å²) < 4.78 is 20.8. The lowest BCUT2D eigenvalue weighted by Crippen LogP contribution is -2.25. The summed E-state index contributed by atoms with van der Waals surface area (Å²) in [5, 5.41) is 6.22. The van der Waals surface area contributed by atoms with E-state index in [1.54, 1.807) is 25.3 Å². The van der Waals surface area contributed by atoms with Crippen molar-refractivity contribution >= 4 is 34.9 Å². The number of aldehydes is 1. The summed E-state index contributed by atoms with van der Waals surface area (Å²) in [7, 11) is 0. The van der Waals surface area contributed by atoms with Crippen molar-refractivity contribution in [2.24, 2.45) is 16.6 Å². The smallest absolute Gasteiger partial charge is 0.221 e. The molecular weight excluding hydrogens is 716 g/mol. The monoisotopic (exact) mass is 787 g/mol. The molecule has 0 fully saturated rings. The molecule has 0 unspecified atom stereocenters. The zero-order valence-electron chi connectivity index (χ0n) is 37.1. The van der Waals surface area contributed by atoms with E-state index in [-0.39, 0.29) is 23.4 Å². The number of rotatable bonds is 16. The number of carbonyl (C=O) groups is 3. The van der Waals surface area contributed by atoms with Gasteiger partial charge in [-0.2, -0.15) is 0 Å². The Morgan fingerprint density at radius 2 is 1.65 bits per heavy atom. The molecule has 0 saturated heterocycles. The Morgan fingerprint density at radius 1 is 1.04 bits per heavy atom. The van der Waals surface area contributed by atoms with E-state index in [0.29, 0.717) is 29.8 Å². The van der Waals surface area contributed by atoms with Gasteiger partial charge in [0.25, 0.3) is 0 Å². The van der Waals surface area contributed by atoms with Crippen LogP contribution in [0.5, 0.6) is 5.75 Å². The number of aliphatic imine (C=N–C) groups is 1. The number of carbonyl (C=O) groups excluding carboxylic acids is 3. The van der Waals surface area contributed by atoms with Crippen LogP contribution in [0.4, 0.5) is 10.1 Å². The lowest BCUT2D eigenvalue weighted by molar-refractivity contribution is -0.120. The highest BCUT2D eigenvalue weighted by molar-refractivity contribution is 6.03. The van der Waals surface area contributed by atoms with Crippen molar-refractivity contribution < 1.29 is 23.5 Å². The van der Waals surface area contributed by atoms with E-state index in [0.717, 1.165) is 77.2 Å². The van der Waals surface area contributed by atoms with Crippen molar-refractivity contribution in [2.75, 3.05) is 18.4 Å². The van der Waals surface area contributed by atoms with Gasteiger partial charge in [-0.15, -0.1) is 0 Å². The van der Waals surface area contributed by atoms with E-state index in [2.05, 4.69) is 24.1 Å². The van der Waals surface area contributed by atoms with Crippen molar-refractivity contribution in [3.8, 4) is 5.75 Å². The molecule has 57 heavy (non-hydrogen) atoms. The van der Waals surface area contributed by atoms with E-state index < -0.39 is 0 Å². The van der Waals surface area contributed by atoms with Gasteiger partial charge < -0.3 is 25.9 Å². The number of halogens is 1. The molecule has 8 nitrogen and oxygen atoms in total. The van der Waals surface area contributed by atoms with Crippen LogP contribution < -0.4 is 21.1 Å². The maximum Gasteiger partial charge on any atom is 0.221 e. The number of allylic oxidation sites excluding steroid dienone is 10. The first-order valence-corrected chi connectivity index (χ1v) is 20.0. The molecule has 0 saturated carbocycles. The number of nitrogens with zero attached hydrogens (tertiary/aromatic N) is 1. The van der Waals surface area contributed by atoms with Crippen LogP contribution in [-0.4, -0.2) is 36.8 Å². The van der Waals surface area contributed by atoms with Crippen LogP contribution in [0.15, 0.2) is 102 Å². The molecule has 314 valence electrons. The number of nitrogens with one attached hydrogen (secondary N) is 2. The normalized spacial score (nSPS) is 12.2. The third-order valence-corrected chi connectivity index (χ3v) is 7.82. The molecule has 9 heteroatoms. The number of hydrogen-bond acceptors (Lipinski definition) is 7. The lowest BCUT2D eigenvalue weighted by Gasteiger charge is -2.16. The molecule has 2 aromatic rings. The first kappa shape index (κ1) is 54.0. The highest BCUT2D eigenvalue weighted by atomic mass is 19.1. The molecule has 4 N–H and O–H groups in total. The Morgan fingerprint density at radius 3 is 2.12 bits per heavy atom. The zero-order valence-corrected chi connectivity index (χ0v) is 37.1. The van der Waals surface area contributed by atoms with Gasteiger partial charge in [0.2, 0.25) is 5.91 Å². The van der Waals surface area contributed by atoms with E-state index in [9.17, 15) is 9.59 Å². The number of anilines is 1. The average Bonchev–Trinajstić information content (AvgIpc) is 4.03. The predicted molar refractivity (Wildman–Crippen MR) is 242 cm³/mol. The van der Waals surface area contributed by atoms with Crippen molar-refractivity contribution in [1.82, 2.24) is 5.32 Å². The van der Waals surface area contributed by atoms with Crippen LogP contribution in [0.25, 0.3) is 5.57 Å². The van der Waals surface area contributed by atoms with Crippen LogP contribution in [0.3, 0.4) is 0 Å². The Hall–Kier alpha value is -5.15. The fourth-order valence-corrected chi connectivity index (χ4v) is 4.76. The Balaban J connectivity index is 0. The number of ether oxygens (including phenoxy) is 1. The molecule has 0 bridgehead atoms. The number of aryl methyl sites for hydroxylation is 1. The first-order chi connectivity index (χ1) is 27.2. The van der Waals surface area contributed by atoms with E-state index in [1.807, 2.05) is 124 Å². The maximum atomic E-state index is 15.1. The first-order valence-electron chi connectivity index (χ1n) is 20.0. The van der Waals surface area contributed by atoms with Crippen molar-refractivity contribution in [3.63, 3.8) is 0 Å². The zero-order chi connectivity index (χ0) is 43.9. The van der Waals surface area contributed by atoms with Gasteiger partial charge >= 0.3 is 0 Å². The van der Waals surface area contributed by atoms with Gasteiger partial charge in [0.15, 0.2) is 5.78 Å². The molecule has 1 aliphatic carbocycles. The summed E-state index contributed by atoms with van der Waals surface area (Å²) >= 11 is 0. The third kappa shape index (κ3) is 21.7. The number of ketones is 1. The van der Waals surface area contributed by atoms with Crippen LogP contribution >= 0.6 is 0 Å². The van der Waals surface area contributed by atoms with Crippen LogP contribution in [0.2, 0.25) is 0 Å². The minimum absolute atomic E-state index is 0.0520. The number of benzene rings is 2. The third-order valence-electron chi connectivity index (χ3n) is 7.82. The van der Waals surface area contributed by atoms with Crippen LogP contribution in [-0.2, 0) is 16.0 Å². The molecule has 3 rings (SSSR count). The van der Waals surface area contributed by atoms with Crippen LogP contribution in [0.1, 0.15) is 129 Å². The lowest BCUT2D eigenvalue weighted by atomic mass is 9.94. The average molecular weight is 787 g/mol. The quantitative estimate of drug-likeness (QED) is 0.0674. The van der Waals surface area contributed by atoms with E-state index >= 15 is 4.39 Å². The highest BCUT2D eigenvalue weighted by Crippen LogP contribution is 2.32. The number of amides is 1. The second-order valence-electron chi connectivity index (χ2n) is 12.9. The molecule has 0 aliphatic heterocycles. The second-order valence-corrected chi connectivity index (χ2v) is 12.9. The summed E-state index contributed by atoms with van der Waals surface area (Å²) in [6.45, 7) is 29.5. The number of nitrogens with two attached hydrogens (primary N) is 1. The molecular formula is C48H71FN4O4. The summed E-state index contributed by atoms with van der Waals surface area (Å²) in [6.07, 6.45) is 17.0. The molecule has 1 amide bonds. The molecule has 1 aliphatic rings. The molecule has 0 spiro atoms. The Labute approximate surface area is 344 Å². The van der Waals surface area contributed by atoms with Crippen LogP contribution in [0, 0.1) is 18.7 Å². The fourth-order valence-electron chi connectivity index (χ4n) is 4.76. The van der Waals surface area contributed by atoms with Gasteiger partial charge in [0.1, 0.15) is 23.6 Å². The van der Waals surface area contributed by atoms with Gasteiger partial charge in [-0.05, 0) is 114 Å². The van der Waals surface area contributed by atoms with Gasteiger partial charge in [0, 0.05) is 60.4 Å². The molecule has 2 aromatic carbocycles. The van der Waals surface area contributed by atoms with Crippen molar-refractivity contribution in [1.29, 1.82) is 0 Å². The van der Waals surface area contributed by atoms with E-state index in [1.165, 1.54) is 6.92 Å². The minimum atomic E-state index is -0.299. The van der Waals surface area contributed by atoms with E-state index in [4.69, 9.17) is 20.3 Å². The highest BCUT2D eigenvalue weighted by Gasteiger charge is 2.17. The van der Waals surface area contributed by atoms with Crippen molar-refractivity contribution in [3.05, 3.63) is 125 Å². The minimum Gasteiger partial charge on any atom is -0.461 e. The van der Waals surface area contributed by atoms with Gasteiger partial charge in [-0.1, -0.05) is 78.5 Å². The standard InChI is InChI=1S/C33H39FN2O2.C6H14N2O.C5H8.C2H4O.C2H6/c1-9-11-21(5)32(36-26-12-15-29(25(10-2)18-26)33(37)20(3)4)24(8)35-19-22(6)28-16-17-30(23(7)31(28)34)38-27-13-14-27;1-2-5-8-6(9)3-4-7;1-3-5-4-2;1-2-3;1-2/h9,11-13,15-20,36H,10,14H2,1-8H3;2-5,7H2,1H3,(H,8,9);3-5H,1H2,2H3;2H,1H3;1-2H3/b11-9-,22-19+,32-21+,35-24+;;5-4-;;. The molecule has 0 radical (unpaired) electrons. The summed E-state index contributed by atoms with van der Waals surface area (Å²) in [5.41, 5.74) is 12.1. The maximum absolute atomic E-state index is 15.1. The molecule has 0 heterocycles. The van der Waals surface area contributed by atoms with Crippen molar-refractivity contribution in [2.45, 2.75) is 116 Å². The summed E-state index contributed by atoms with van der Waals surface area (Å²) in [5.74, 6) is 1.28. The largest absolute Gasteiger partial charge is 0.461 e. The topological polar surface area (TPSA) is 123 Å². The second kappa shape index (κ2) is 32.0. The fraction of sp³-hybridized carbons (Fsp3) is 0.417. The summed E-state index contributed by atoms with van der Waals surface area (Å²) in [6, 6.07) is 9.42. The predicted octanol–water partition coefficient (Wildman–Crippen LogP) is 11.8. The number of Topliss-reactive ketones (excluding diaryl/α,β-unsaturated/α-hetero) is 1. The Kier molecular flexibility index (Phi) is 30.3. The van der Waals surface area contributed by atoms with Gasteiger partial charge in [0.05, 0.1) is 11.4 Å². The molecule has 0 atom stereocenters. The van der Waals surface area contributed by atoms with Gasteiger partial charge in [-0.25, -0.2) is 4.39 Å².